The van der Waals surface area contributed by atoms with Gasteiger partial charge in [-0.2, -0.15) is 15.0 Å². The maximum atomic E-state index is 11.9. The number of carbonyl (C=O) groups is 2. The number of amides is 1. The van der Waals surface area contributed by atoms with Crippen LogP contribution in [0.3, 0.4) is 0 Å². The zero-order valence-electron chi connectivity index (χ0n) is 15.4. The van der Waals surface area contributed by atoms with Crippen molar-refractivity contribution >= 4 is 22.4 Å². The highest BCUT2D eigenvalue weighted by molar-refractivity contribution is 7.90. The van der Waals surface area contributed by atoms with Gasteiger partial charge in [-0.25, -0.2) is 18.1 Å². The molecule has 11 nitrogen and oxygen atoms in total. The first-order valence-corrected chi connectivity index (χ1v) is 9.57. The lowest BCUT2D eigenvalue weighted by Crippen LogP contribution is -2.28. The van der Waals surface area contributed by atoms with Crippen LogP contribution in [0.5, 0.6) is 5.88 Å². The number of benzene rings is 1. The van der Waals surface area contributed by atoms with E-state index >= 15 is 0 Å². The van der Waals surface area contributed by atoms with Gasteiger partial charge in [-0.1, -0.05) is 12.1 Å². The van der Waals surface area contributed by atoms with E-state index in [1.165, 1.54) is 18.3 Å². The summed E-state index contributed by atoms with van der Waals surface area (Å²) in [4.78, 5) is 23.1. The van der Waals surface area contributed by atoms with E-state index in [1.54, 1.807) is 24.3 Å². The molecule has 0 radical (unpaired) electrons. The van der Waals surface area contributed by atoms with Crippen molar-refractivity contribution < 1.29 is 28.2 Å². The van der Waals surface area contributed by atoms with Gasteiger partial charge >= 0.3 is 0 Å². The first-order valence-electron chi connectivity index (χ1n) is 8.08. The Hall–Kier alpha value is -4.24. The number of aromatic hydroxyl groups is 1. The smallest absolute Gasteiger partial charge is 0.290 e. The lowest BCUT2D eigenvalue weighted by atomic mass is 10.1. The molecule has 2 aromatic heterocycles. The molecular weight excluding hydrogens is 414 g/mol. The van der Waals surface area contributed by atoms with Crippen LogP contribution in [0.15, 0.2) is 53.7 Å². The van der Waals surface area contributed by atoms with E-state index in [0.29, 0.717) is 16.7 Å². The Morgan fingerprint density at radius 2 is 1.83 bits per heavy atom. The number of aromatic nitrogens is 3. The molecule has 0 saturated heterocycles. The van der Waals surface area contributed by atoms with Crippen molar-refractivity contribution in [1.82, 2.24) is 19.5 Å². The Labute approximate surface area is 170 Å². The fourth-order valence-corrected chi connectivity index (χ4v) is 3.28. The zero-order chi connectivity index (χ0) is 22.3. The summed E-state index contributed by atoms with van der Waals surface area (Å²) in [6.07, 6.45) is 2.49. The third-order valence-corrected chi connectivity index (χ3v) is 5.01. The monoisotopic (exact) mass is 429 g/mol. The van der Waals surface area contributed by atoms with Crippen LogP contribution in [0, 0.1) is 11.3 Å². The second-order valence-electron chi connectivity index (χ2n) is 5.60. The molecule has 0 aliphatic carbocycles. The number of hydrogen-bond acceptors (Lipinski definition) is 8. The number of nitrogens with one attached hydrogen (secondary N) is 1. The molecule has 0 spiro atoms. The Balaban J connectivity index is 0.00000101. The largest absolute Gasteiger partial charge is 0.493 e. The SMILES string of the molecule is CC(=O)NS(=O)(=O)c1ccc(-n2ncc(-c3ccc(C#N)cc3)c2O)nc1.O=CO. The second kappa shape index (κ2) is 9.30. The standard InChI is InChI=1S/C17H13N5O4S.CH2O2/c1-11(23)21-27(25,26)14-6-7-16(19-9-14)22-17(24)15(10-20-22)13-4-2-12(8-18)3-5-13;2-1-3/h2-7,9-10,24H,1H3,(H,21,23);1H,(H,2,3). The van der Waals surface area contributed by atoms with Crippen molar-refractivity contribution in [1.29, 1.82) is 5.26 Å². The minimum absolute atomic E-state index is 0.189. The first kappa shape index (κ1) is 22.1. The molecule has 0 fully saturated rings. The molecule has 3 aromatic rings. The summed E-state index contributed by atoms with van der Waals surface area (Å²) in [6.45, 7) is 0.839. The maximum absolute atomic E-state index is 11.9. The molecule has 0 unspecified atom stereocenters. The molecule has 0 atom stereocenters. The summed E-state index contributed by atoms with van der Waals surface area (Å²) in [5.41, 5.74) is 1.57. The van der Waals surface area contributed by atoms with Gasteiger partial charge < -0.3 is 10.2 Å². The molecule has 3 rings (SSSR count). The van der Waals surface area contributed by atoms with Crippen LogP contribution >= 0.6 is 0 Å². The highest BCUT2D eigenvalue weighted by atomic mass is 32.2. The van der Waals surface area contributed by atoms with Gasteiger partial charge in [0, 0.05) is 13.1 Å². The van der Waals surface area contributed by atoms with Crippen molar-refractivity contribution in [3.63, 3.8) is 0 Å². The zero-order valence-corrected chi connectivity index (χ0v) is 16.2. The highest BCUT2D eigenvalue weighted by Gasteiger charge is 2.18. The molecule has 0 aliphatic heterocycles. The van der Waals surface area contributed by atoms with Crippen LogP contribution in [0.1, 0.15) is 12.5 Å². The Morgan fingerprint density at radius 3 is 2.33 bits per heavy atom. The summed E-state index contributed by atoms with van der Waals surface area (Å²) in [5, 5.41) is 30.2. The van der Waals surface area contributed by atoms with Gasteiger partial charge in [0.1, 0.15) is 4.90 Å². The van der Waals surface area contributed by atoms with Crippen LogP contribution in [-0.2, 0) is 19.6 Å². The highest BCUT2D eigenvalue weighted by Crippen LogP contribution is 2.30. The number of pyridine rings is 1. The molecule has 0 saturated carbocycles. The Morgan fingerprint density at radius 1 is 1.20 bits per heavy atom. The van der Waals surface area contributed by atoms with E-state index in [1.807, 2.05) is 10.8 Å². The van der Waals surface area contributed by atoms with Gasteiger partial charge in [0.2, 0.25) is 11.8 Å². The van der Waals surface area contributed by atoms with Crippen LogP contribution in [-0.4, -0.2) is 45.8 Å². The number of carbonyl (C=O) groups excluding carboxylic acids is 1. The normalized spacial score (nSPS) is 10.3. The molecule has 30 heavy (non-hydrogen) atoms. The van der Waals surface area contributed by atoms with Gasteiger partial charge in [0.25, 0.3) is 16.5 Å². The summed E-state index contributed by atoms with van der Waals surface area (Å²) in [6, 6.07) is 11.2. The Kier molecular flexibility index (Phi) is 6.84. The summed E-state index contributed by atoms with van der Waals surface area (Å²) >= 11 is 0. The van der Waals surface area contributed by atoms with Crippen LogP contribution in [0.2, 0.25) is 0 Å². The summed E-state index contributed by atoms with van der Waals surface area (Å²) < 4.78 is 26.8. The van der Waals surface area contributed by atoms with Crippen molar-refractivity contribution in [3.8, 4) is 28.9 Å². The van der Waals surface area contributed by atoms with E-state index in [-0.39, 0.29) is 23.1 Å². The molecule has 1 amide bonds. The molecule has 154 valence electrons. The number of nitrogens with zero attached hydrogens (tertiary/aromatic N) is 4. The summed E-state index contributed by atoms with van der Waals surface area (Å²) in [5.74, 6) is -0.713. The predicted octanol–water partition coefficient (Wildman–Crippen LogP) is 1.04. The number of carboxylic acid groups (broad SMARTS) is 1. The van der Waals surface area contributed by atoms with Gasteiger partial charge in [-0.05, 0) is 29.8 Å². The lowest BCUT2D eigenvalue weighted by Gasteiger charge is -2.06. The topological polar surface area (TPSA) is 175 Å². The average molecular weight is 429 g/mol. The maximum Gasteiger partial charge on any atom is 0.290 e. The number of hydrogen-bond donors (Lipinski definition) is 3. The van der Waals surface area contributed by atoms with Crippen LogP contribution < -0.4 is 4.72 Å². The van der Waals surface area contributed by atoms with Crippen molar-refractivity contribution in [2.45, 2.75) is 11.8 Å². The van der Waals surface area contributed by atoms with Gasteiger partial charge in [-0.3, -0.25) is 9.59 Å². The van der Waals surface area contributed by atoms with Crippen molar-refractivity contribution in [2.24, 2.45) is 0 Å². The molecule has 0 aliphatic rings. The molecule has 0 bridgehead atoms. The molecule has 12 heteroatoms. The Bertz CT molecular complexity index is 1200. The third kappa shape index (κ3) is 4.97. The first-order chi connectivity index (χ1) is 14.2. The van der Waals surface area contributed by atoms with Gasteiger partial charge in [-0.15, -0.1) is 0 Å². The molecular formula is C18H15N5O6S. The van der Waals surface area contributed by atoms with Crippen molar-refractivity contribution in [2.75, 3.05) is 0 Å². The second-order valence-corrected chi connectivity index (χ2v) is 7.28. The van der Waals surface area contributed by atoms with E-state index in [2.05, 4.69) is 10.1 Å². The molecule has 2 heterocycles. The summed E-state index contributed by atoms with van der Waals surface area (Å²) in [7, 11) is -3.99. The van der Waals surface area contributed by atoms with Gasteiger partial charge in [0.15, 0.2) is 5.82 Å². The predicted molar refractivity (Wildman–Crippen MR) is 103 cm³/mol. The number of rotatable bonds is 4. The average Bonchev–Trinajstić information content (AvgIpc) is 3.09. The van der Waals surface area contributed by atoms with E-state index in [0.717, 1.165) is 17.8 Å². The van der Waals surface area contributed by atoms with E-state index in [4.69, 9.17) is 15.2 Å². The quantitative estimate of drug-likeness (QED) is 0.511. The lowest BCUT2D eigenvalue weighted by molar-refractivity contribution is -0.123. The fourth-order valence-electron chi connectivity index (χ4n) is 2.34. The number of nitriles is 1. The molecule has 1 aromatic carbocycles. The number of sulfonamides is 1. The van der Waals surface area contributed by atoms with E-state index < -0.39 is 15.9 Å². The van der Waals surface area contributed by atoms with Crippen LogP contribution in [0.4, 0.5) is 0 Å². The fraction of sp³-hybridized carbons (Fsp3) is 0.0556. The van der Waals surface area contributed by atoms with Gasteiger partial charge in [0.05, 0.1) is 23.4 Å². The minimum atomic E-state index is -3.99. The van der Waals surface area contributed by atoms with Crippen molar-refractivity contribution in [3.05, 3.63) is 54.4 Å². The van der Waals surface area contributed by atoms with Crippen LogP contribution in [0.25, 0.3) is 16.9 Å². The third-order valence-electron chi connectivity index (χ3n) is 3.59. The molecule has 3 N–H and O–H groups in total. The minimum Gasteiger partial charge on any atom is -0.493 e. The van der Waals surface area contributed by atoms with E-state index in [9.17, 15) is 18.3 Å².